The molecule has 0 atom stereocenters. The summed E-state index contributed by atoms with van der Waals surface area (Å²) in [5.74, 6) is 0.542. The molecule has 1 fully saturated rings. The molecular formula is C17H19N3O3S. The normalized spacial score (nSPS) is 14.6. The summed E-state index contributed by atoms with van der Waals surface area (Å²) in [6.07, 6.45) is 5.09. The van der Waals surface area contributed by atoms with Crippen LogP contribution in [-0.2, 0) is 9.84 Å². The highest BCUT2D eigenvalue weighted by Gasteiger charge is 2.14. The van der Waals surface area contributed by atoms with E-state index in [-0.39, 0.29) is 10.8 Å². The number of benzene rings is 1. The average Bonchev–Trinajstić information content (AvgIpc) is 3.09. The van der Waals surface area contributed by atoms with E-state index in [0.717, 1.165) is 25.2 Å². The second-order valence-corrected chi connectivity index (χ2v) is 7.87. The lowest BCUT2D eigenvalue weighted by molar-refractivity contribution is 0.102. The number of pyridine rings is 1. The number of rotatable bonds is 4. The maximum atomic E-state index is 12.3. The highest BCUT2D eigenvalue weighted by Crippen LogP contribution is 2.19. The van der Waals surface area contributed by atoms with Crippen molar-refractivity contribution in [3.63, 3.8) is 0 Å². The highest BCUT2D eigenvalue weighted by molar-refractivity contribution is 7.90. The molecule has 1 aromatic carbocycles. The largest absolute Gasteiger partial charge is 0.357 e. The van der Waals surface area contributed by atoms with Gasteiger partial charge in [-0.15, -0.1) is 0 Å². The Kier molecular flexibility index (Phi) is 4.53. The lowest BCUT2D eigenvalue weighted by Gasteiger charge is -2.16. The second kappa shape index (κ2) is 6.60. The molecule has 2 aromatic rings. The molecule has 0 radical (unpaired) electrons. The number of nitrogens with one attached hydrogen (secondary N) is 1. The van der Waals surface area contributed by atoms with E-state index in [4.69, 9.17) is 0 Å². The molecule has 1 aliphatic rings. The number of carbonyl (C=O) groups is 1. The van der Waals surface area contributed by atoms with Crippen molar-refractivity contribution in [2.45, 2.75) is 17.7 Å². The first-order valence-electron chi connectivity index (χ1n) is 7.76. The summed E-state index contributed by atoms with van der Waals surface area (Å²) in [4.78, 5) is 19.0. The van der Waals surface area contributed by atoms with Crippen molar-refractivity contribution in [1.82, 2.24) is 4.98 Å². The van der Waals surface area contributed by atoms with Gasteiger partial charge in [-0.05, 0) is 43.2 Å². The van der Waals surface area contributed by atoms with E-state index >= 15 is 0 Å². The third-order valence-corrected chi connectivity index (χ3v) is 5.07. The predicted molar refractivity (Wildman–Crippen MR) is 93.2 cm³/mol. The molecule has 1 N–H and O–H groups in total. The zero-order valence-corrected chi connectivity index (χ0v) is 14.2. The zero-order chi connectivity index (χ0) is 17.2. The van der Waals surface area contributed by atoms with Crippen molar-refractivity contribution >= 4 is 27.2 Å². The van der Waals surface area contributed by atoms with Crippen molar-refractivity contribution in [1.29, 1.82) is 0 Å². The van der Waals surface area contributed by atoms with Crippen LogP contribution in [0.5, 0.6) is 0 Å². The van der Waals surface area contributed by atoms with Crippen LogP contribution in [0, 0.1) is 0 Å². The summed E-state index contributed by atoms with van der Waals surface area (Å²) in [6, 6.07) is 9.66. The maximum Gasteiger partial charge on any atom is 0.255 e. The van der Waals surface area contributed by atoms with E-state index in [2.05, 4.69) is 15.2 Å². The third-order valence-electron chi connectivity index (χ3n) is 3.96. The third kappa shape index (κ3) is 3.73. The molecule has 1 amide bonds. The van der Waals surface area contributed by atoms with Gasteiger partial charge < -0.3 is 10.2 Å². The van der Waals surface area contributed by atoms with Crippen LogP contribution in [-0.4, -0.2) is 38.7 Å². The Hall–Kier alpha value is -2.41. The Morgan fingerprint density at radius 2 is 1.92 bits per heavy atom. The van der Waals surface area contributed by atoms with Crippen LogP contribution < -0.4 is 10.2 Å². The molecular weight excluding hydrogens is 326 g/mol. The smallest absolute Gasteiger partial charge is 0.255 e. The van der Waals surface area contributed by atoms with E-state index < -0.39 is 9.84 Å². The topological polar surface area (TPSA) is 79.4 Å². The fourth-order valence-corrected chi connectivity index (χ4v) is 3.33. The van der Waals surface area contributed by atoms with Gasteiger partial charge in [0.1, 0.15) is 5.82 Å². The second-order valence-electron chi connectivity index (χ2n) is 5.85. The van der Waals surface area contributed by atoms with Crippen LogP contribution in [0.25, 0.3) is 0 Å². The van der Waals surface area contributed by atoms with Gasteiger partial charge >= 0.3 is 0 Å². The van der Waals surface area contributed by atoms with Crippen molar-refractivity contribution in [3.8, 4) is 0 Å². The van der Waals surface area contributed by atoms with E-state index in [0.29, 0.717) is 11.3 Å². The number of carbonyl (C=O) groups excluding carboxylic acids is 1. The number of nitrogens with zero attached hydrogens (tertiary/aromatic N) is 2. The molecule has 0 spiro atoms. The van der Waals surface area contributed by atoms with Crippen molar-refractivity contribution in [2.75, 3.05) is 29.6 Å². The van der Waals surface area contributed by atoms with Gasteiger partial charge in [-0.1, -0.05) is 6.07 Å². The van der Waals surface area contributed by atoms with E-state index in [1.807, 2.05) is 6.07 Å². The molecule has 6 nitrogen and oxygen atoms in total. The molecule has 1 aromatic heterocycles. The summed E-state index contributed by atoms with van der Waals surface area (Å²) < 4.78 is 23.2. The molecule has 126 valence electrons. The van der Waals surface area contributed by atoms with E-state index in [1.54, 1.807) is 24.4 Å². The molecule has 0 bridgehead atoms. The Labute approximate surface area is 141 Å². The zero-order valence-electron chi connectivity index (χ0n) is 13.4. The first-order chi connectivity index (χ1) is 11.4. The van der Waals surface area contributed by atoms with E-state index in [1.165, 1.54) is 25.0 Å². The lowest BCUT2D eigenvalue weighted by Crippen LogP contribution is -2.19. The highest BCUT2D eigenvalue weighted by atomic mass is 32.2. The van der Waals surface area contributed by atoms with Crippen LogP contribution in [0.4, 0.5) is 11.5 Å². The minimum absolute atomic E-state index is 0.123. The monoisotopic (exact) mass is 345 g/mol. The number of hydrogen-bond donors (Lipinski definition) is 1. The van der Waals surface area contributed by atoms with Crippen LogP contribution in [0.3, 0.4) is 0 Å². The molecule has 2 heterocycles. The summed E-state index contributed by atoms with van der Waals surface area (Å²) in [5.41, 5.74) is 0.870. The van der Waals surface area contributed by atoms with E-state index in [9.17, 15) is 13.2 Å². The number of aromatic nitrogens is 1. The van der Waals surface area contributed by atoms with Crippen molar-refractivity contribution in [3.05, 3.63) is 48.2 Å². The Morgan fingerprint density at radius 3 is 2.54 bits per heavy atom. The fourth-order valence-electron chi connectivity index (χ4n) is 2.66. The lowest BCUT2D eigenvalue weighted by atomic mass is 10.2. The van der Waals surface area contributed by atoms with Crippen LogP contribution in [0.1, 0.15) is 23.2 Å². The quantitative estimate of drug-likeness (QED) is 0.920. The number of amides is 1. The summed E-state index contributed by atoms with van der Waals surface area (Å²) in [7, 11) is -3.34. The first kappa shape index (κ1) is 16.4. The Bertz CT molecular complexity index is 842. The van der Waals surface area contributed by atoms with Gasteiger partial charge in [0.25, 0.3) is 5.91 Å². The number of anilines is 2. The molecule has 0 saturated carbocycles. The van der Waals surface area contributed by atoms with Crippen LogP contribution in [0.15, 0.2) is 47.5 Å². The van der Waals surface area contributed by atoms with Crippen LogP contribution >= 0.6 is 0 Å². The van der Waals surface area contributed by atoms with Gasteiger partial charge in [-0.2, -0.15) is 0 Å². The molecule has 0 unspecified atom stereocenters. The summed E-state index contributed by atoms with van der Waals surface area (Å²) in [5, 5.41) is 2.74. The van der Waals surface area contributed by atoms with Gasteiger partial charge in [0.15, 0.2) is 9.84 Å². The molecule has 7 heteroatoms. The standard InChI is InChI=1S/C17H19N3O3S/c1-24(22,23)15-6-4-5-13(11-15)17(21)19-14-7-8-16(18-12-14)20-9-2-3-10-20/h4-8,11-12H,2-3,9-10H2,1H3,(H,19,21). The van der Waals surface area contributed by atoms with Gasteiger partial charge in [-0.3, -0.25) is 4.79 Å². The predicted octanol–water partition coefficient (Wildman–Crippen LogP) is 2.34. The Balaban J connectivity index is 1.73. The summed E-state index contributed by atoms with van der Waals surface area (Å²) >= 11 is 0. The Morgan fingerprint density at radius 1 is 1.17 bits per heavy atom. The molecule has 24 heavy (non-hydrogen) atoms. The van der Waals surface area contributed by atoms with Crippen molar-refractivity contribution < 1.29 is 13.2 Å². The summed E-state index contributed by atoms with van der Waals surface area (Å²) in [6.45, 7) is 2.02. The molecule has 0 aliphatic carbocycles. The molecule has 1 aliphatic heterocycles. The van der Waals surface area contributed by atoms with Gasteiger partial charge in [0.05, 0.1) is 16.8 Å². The minimum Gasteiger partial charge on any atom is -0.357 e. The SMILES string of the molecule is CS(=O)(=O)c1cccc(C(=O)Nc2ccc(N3CCCC3)nc2)c1. The van der Waals surface area contributed by atoms with Gasteiger partial charge in [0, 0.05) is 24.9 Å². The van der Waals surface area contributed by atoms with Gasteiger partial charge in [0.2, 0.25) is 0 Å². The first-order valence-corrected chi connectivity index (χ1v) is 9.65. The minimum atomic E-state index is -3.34. The molecule has 1 saturated heterocycles. The maximum absolute atomic E-state index is 12.3. The fraction of sp³-hybridized carbons (Fsp3) is 0.294. The van der Waals surface area contributed by atoms with Crippen molar-refractivity contribution in [2.24, 2.45) is 0 Å². The average molecular weight is 345 g/mol. The number of hydrogen-bond acceptors (Lipinski definition) is 5. The van der Waals surface area contributed by atoms with Crippen LogP contribution in [0.2, 0.25) is 0 Å². The molecule has 3 rings (SSSR count). The number of sulfone groups is 1. The van der Waals surface area contributed by atoms with Gasteiger partial charge in [-0.25, -0.2) is 13.4 Å².